The van der Waals surface area contributed by atoms with Crippen molar-refractivity contribution in [1.29, 1.82) is 0 Å². The first-order valence-corrected chi connectivity index (χ1v) is 10.5. The highest BCUT2D eigenvalue weighted by Gasteiger charge is 2.17. The van der Waals surface area contributed by atoms with Gasteiger partial charge in [-0.2, -0.15) is 11.3 Å². The Hall–Kier alpha value is -2.07. The lowest BCUT2D eigenvalue weighted by Gasteiger charge is -2.09. The van der Waals surface area contributed by atoms with E-state index in [2.05, 4.69) is 15.0 Å². The highest BCUT2D eigenvalue weighted by atomic mass is 32.2. The first-order chi connectivity index (χ1) is 11.9. The molecule has 1 amide bonds. The molecule has 2 aromatic heterocycles. The van der Waals surface area contributed by atoms with Gasteiger partial charge in [0.05, 0.1) is 4.90 Å². The quantitative estimate of drug-likeness (QED) is 0.696. The van der Waals surface area contributed by atoms with Crippen LogP contribution in [0.25, 0.3) is 10.6 Å². The molecule has 2 N–H and O–H groups in total. The topological polar surface area (TPSA) is 88.2 Å². The lowest BCUT2D eigenvalue weighted by Crippen LogP contribution is -2.20. The number of thiophene rings is 1. The number of carbonyl (C=O) groups is 1. The van der Waals surface area contributed by atoms with Crippen molar-refractivity contribution in [1.82, 2.24) is 9.71 Å². The molecule has 0 fully saturated rings. The second-order valence-corrected chi connectivity index (χ2v) is 8.68. The number of aromatic nitrogens is 1. The molecule has 0 saturated carbocycles. The Kier molecular flexibility index (Phi) is 5.00. The number of anilines is 1. The highest BCUT2D eigenvalue weighted by Crippen LogP contribution is 2.26. The standard InChI is InChI=1S/C16H15N3O3S3/c1-10-3-4-12(7-14(10)25(21,22)17-2)18-15(20)13-9-24-16(19-13)11-5-6-23-8-11/h3-9,17H,1-2H3,(H,18,20). The summed E-state index contributed by atoms with van der Waals surface area (Å²) >= 11 is 2.95. The van der Waals surface area contributed by atoms with E-state index in [0.29, 0.717) is 16.9 Å². The Morgan fingerprint density at radius 1 is 1.20 bits per heavy atom. The summed E-state index contributed by atoms with van der Waals surface area (Å²) in [7, 11) is -2.24. The molecule has 2 heterocycles. The largest absolute Gasteiger partial charge is 0.321 e. The van der Waals surface area contributed by atoms with Crippen LogP contribution in [0.5, 0.6) is 0 Å². The van der Waals surface area contributed by atoms with Gasteiger partial charge in [-0.05, 0) is 43.1 Å². The van der Waals surface area contributed by atoms with Crippen molar-refractivity contribution in [2.24, 2.45) is 0 Å². The van der Waals surface area contributed by atoms with Crippen LogP contribution in [0.1, 0.15) is 16.1 Å². The molecule has 0 unspecified atom stereocenters. The molecule has 6 nitrogen and oxygen atoms in total. The molecular weight excluding hydrogens is 378 g/mol. The molecule has 0 aliphatic rings. The van der Waals surface area contributed by atoms with E-state index in [1.54, 1.807) is 35.8 Å². The van der Waals surface area contributed by atoms with Crippen LogP contribution in [-0.4, -0.2) is 26.4 Å². The number of carbonyl (C=O) groups excluding carboxylic acids is 1. The molecule has 25 heavy (non-hydrogen) atoms. The van der Waals surface area contributed by atoms with Gasteiger partial charge in [0.1, 0.15) is 10.7 Å². The van der Waals surface area contributed by atoms with Gasteiger partial charge >= 0.3 is 0 Å². The van der Waals surface area contributed by atoms with Crippen molar-refractivity contribution in [3.05, 3.63) is 51.7 Å². The monoisotopic (exact) mass is 393 g/mol. The molecule has 3 rings (SSSR count). The fraction of sp³-hybridized carbons (Fsp3) is 0.125. The average molecular weight is 394 g/mol. The van der Waals surface area contributed by atoms with Crippen LogP contribution in [-0.2, 0) is 10.0 Å². The number of nitrogens with zero attached hydrogens (tertiary/aromatic N) is 1. The van der Waals surface area contributed by atoms with Gasteiger partial charge in [-0.1, -0.05) is 6.07 Å². The number of hydrogen-bond acceptors (Lipinski definition) is 6. The molecule has 0 atom stereocenters. The van der Waals surface area contributed by atoms with Crippen molar-refractivity contribution in [3.8, 4) is 10.6 Å². The summed E-state index contributed by atoms with van der Waals surface area (Å²) < 4.78 is 26.3. The predicted octanol–water partition coefficient (Wildman–Crippen LogP) is 3.34. The molecular formula is C16H15N3O3S3. The highest BCUT2D eigenvalue weighted by molar-refractivity contribution is 7.89. The maximum Gasteiger partial charge on any atom is 0.275 e. The van der Waals surface area contributed by atoms with E-state index >= 15 is 0 Å². The Labute approximate surface area is 153 Å². The van der Waals surface area contributed by atoms with Gasteiger partial charge in [-0.15, -0.1) is 11.3 Å². The zero-order chi connectivity index (χ0) is 18.0. The maximum atomic E-state index is 12.4. The van der Waals surface area contributed by atoms with Gasteiger partial charge < -0.3 is 5.32 Å². The molecule has 1 aromatic carbocycles. The van der Waals surface area contributed by atoms with E-state index in [9.17, 15) is 13.2 Å². The van der Waals surface area contributed by atoms with Gasteiger partial charge in [0.25, 0.3) is 5.91 Å². The molecule has 0 bridgehead atoms. The summed E-state index contributed by atoms with van der Waals surface area (Å²) in [6, 6.07) is 6.69. The first kappa shape index (κ1) is 17.7. The van der Waals surface area contributed by atoms with Crippen LogP contribution >= 0.6 is 22.7 Å². The molecule has 3 aromatic rings. The van der Waals surface area contributed by atoms with E-state index in [0.717, 1.165) is 10.6 Å². The number of rotatable bonds is 5. The molecule has 0 radical (unpaired) electrons. The summed E-state index contributed by atoms with van der Waals surface area (Å²) in [4.78, 5) is 16.8. The Morgan fingerprint density at radius 2 is 2.00 bits per heavy atom. The Balaban J connectivity index is 1.83. The van der Waals surface area contributed by atoms with E-state index < -0.39 is 10.0 Å². The van der Waals surface area contributed by atoms with Crippen molar-refractivity contribution in [2.45, 2.75) is 11.8 Å². The second kappa shape index (κ2) is 7.04. The van der Waals surface area contributed by atoms with E-state index in [1.165, 1.54) is 24.5 Å². The third-order valence-electron chi connectivity index (χ3n) is 3.51. The lowest BCUT2D eigenvalue weighted by atomic mass is 10.2. The molecule has 0 aliphatic heterocycles. The van der Waals surface area contributed by atoms with E-state index in [4.69, 9.17) is 0 Å². The normalized spacial score (nSPS) is 11.4. The molecule has 0 aliphatic carbocycles. The van der Waals surface area contributed by atoms with Crippen LogP contribution in [0.2, 0.25) is 0 Å². The minimum Gasteiger partial charge on any atom is -0.321 e. The molecule has 0 spiro atoms. The maximum absolute atomic E-state index is 12.4. The SMILES string of the molecule is CNS(=O)(=O)c1cc(NC(=O)c2csc(-c3ccsc3)n2)ccc1C. The fourth-order valence-electron chi connectivity index (χ4n) is 2.17. The summed E-state index contributed by atoms with van der Waals surface area (Å²) in [5.74, 6) is -0.380. The van der Waals surface area contributed by atoms with Crippen molar-refractivity contribution >= 4 is 44.3 Å². The predicted molar refractivity (Wildman–Crippen MR) is 101 cm³/mol. The van der Waals surface area contributed by atoms with Gasteiger partial charge in [-0.3, -0.25) is 4.79 Å². The lowest BCUT2D eigenvalue weighted by molar-refractivity contribution is 0.102. The van der Waals surface area contributed by atoms with Crippen molar-refractivity contribution in [3.63, 3.8) is 0 Å². The Morgan fingerprint density at radius 3 is 2.68 bits per heavy atom. The molecule has 0 saturated heterocycles. The zero-order valence-corrected chi connectivity index (χ0v) is 15.9. The number of aryl methyl sites for hydroxylation is 1. The number of benzene rings is 1. The number of thiazole rings is 1. The third-order valence-corrected chi connectivity index (χ3v) is 6.64. The van der Waals surface area contributed by atoms with Crippen LogP contribution in [0.15, 0.2) is 45.3 Å². The minimum absolute atomic E-state index is 0.130. The zero-order valence-electron chi connectivity index (χ0n) is 13.4. The van der Waals surface area contributed by atoms with Gasteiger partial charge in [0, 0.05) is 22.0 Å². The van der Waals surface area contributed by atoms with Crippen molar-refractivity contribution < 1.29 is 13.2 Å². The average Bonchev–Trinajstić information content (AvgIpc) is 3.27. The first-order valence-electron chi connectivity index (χ1n) is 7.24. The van der Waals surface area contributed by atoms with Crippen LogP contribution in [0.3, 0.4) is 0 Å². The summed E-state index contributed by atoms with van der Waals surface area (Å²) in [5, 5.41) is 9.07. The third kappa shape index (κ3) is 3.79. The summed E-state index contributed by atoms with van der Waals surface area (Å²) in [6.45, 7) is 1.70. The molecule has 9 heteroatoms. The Bertz CT molecular complexity index is 1010. The number of sulfonamides is 1. The fourth-order valence-corrected chi connectivity index (χ4v) is 4.68. The van der Waals surface area contributed by atoms with Crippen LogP contribution in [0.4, 0.5) is 5.69 Å². The van der Waals surface area contributed by atoms with Crippen LogP contribution in [0, 0.1) is 6.92 Å². The number of amides is 1. The summed E-state index contributed by atoms with van der Waals surface area (Å²) in [5.41, 5.74) is 2.27. The van der Waals surface area contributed by atoms with E-state index in [1.807, 2.05) is 16.8 Å². The second-order valence-electron chi connectivity index (χ2n) is 5.19. The molecule has 130 valence electrons. The van der Waals surface area contributed by atoms with Gasteiger partial charge in [0.2, 0.25) is 10.0 Å². The van der Waals surface area contributed by atoms with Gasteiger partial charge in [0.15, 0.2) is 0 Å². The smallest absolute Gasteiger partial charge is 0.275 e. The number of nitrogens with one attached hydrogen (secondary N) is 2. The van der Waals surface area contributed by atoms with E-state index in [-0.39, 0.29) is 10.8 Å². The number of hydrogen-bond donors (Lipinski definition) is 2. The van der Waals surface area contributed by atoms with Crippen LogP contribution < -0.4 is 10.0 Å². The summed E-state index contributed by atoms with van der Waals surface area (Å²) in [6.07, 6.45) is 0. The van der Waals surface area contributed by atoms with Crippen molar-refractivity contribution in [2.75, 3.05) is 12.4 Å². The minimum atomic E-state index is -3.59. The van der Waals surface area contributed by atoms with Gasteiger partial charge in [-0.25, -0.2) is 18.1 Å².